The van der Waals surface area contributed by atoms with Crippen molar-refractivity contribution >= 4 is 11.6 Å². The molecule has 2 aromatic rings. The van der Waals surface area contributed by atoms with Gasteiger partial charge < -0.3 is 5.32 Å². The van der Waals surface area contributed by atoms with Crippen LogP contribution < -0.4 is 5.32 Å². The van der Waals surface area contributed by atoms with Gasteiger partial charge in [-0.15, -0.1) is 0 Å². The van der Waals surface area contributed by atoms with E-state index in [2.05, 4.69) is 49.5 Å². The van der Waals surface area contributed by atoms with E-state index in [0.717, 1.165) is 30.0 Å². The molecule has 1 N–H and O–H groups in total. The van der Waals surface area contributed by atoms with E-state index in [0.29, 0.717) is 6.04 Å². The highest BCUT2D eigenvalue weighted by atomic mass is 35.5. The van der Waals surface area contributed by atoms with Gasteiger partial charge in [-0.1, -0.05) is 67.9 Å². The standard InChI is InChI=1S/C18H22ClN/c1-3-13-20-18(4-2)15-11-9-14(10-12-15)16-7-5-6-8-17(16)19/h5-12,18,20H,3-4,13H2,1-2H3. The summed E-state index contributed by atoms with van der Waals surface area (Å²) >= 11 is 6.24. The minimum absolute atomic E-state index is 0.440. The summed E-state index contributed by atoms with van der Waals surface area (Å²) in [6.45, 7) is 5.47. The number of nitrogens with one attached hydrogen (secondary N) is 1. The Labute approximate surface area is 127 Å². The Balaban J connectivity index is 2.19. The van der Waals surface area contributed by atoms with Crippen LogP contribution in [0.2, 0.25) is 5.02 Å². The van der Waals surface area contributed by atoms with Crippen molar-refractivity contribution in [2.75, 3.05) is 6.54 Å². The van der Waals surface area contributed by atoms with Gasteiger partial charge in [0.05, 0.1) is 0 Å². The van der Waals surface area contributed by atoms with Crippen molar-refractivity contribution < 1.29 is 0 Å². The zero-order valence-corrected chi connectivity index (χ0v) is 13.0. The van der Waals surface area contributed by atoms with Crippen molar-refractivity contribution in [1.82, 2.24) is 5.32 Å². The highest BCUT2D eigenvalue weighted by Crippen LogP contribution is 2.28. The highest BCUT2D eigenvalue weighted by molar-refractivity contribution is 6.33. The number of hydrogen-bond donors (Lipinski definition) is 1. The maximum absolute atomic E-state index is 6.24. The Hall–Kier alpha value is -1.31. The van der Waals surface area contributed by atoms with Crippen LogP contribution in [-0.2, 0) is 0 Å². The SMILES string of the molecule is CCCNC(CC)c1ccc(-c2ccccc2Cl)cc1. The predicted octanol–water partition coefficient (Wildman–Crippen LogP) is 5.46. The molecule has 0 aliphatic heterocycles. The summed E-state index contributed by atoms with van der Waals surface area (Å²) in [6.07, 6.45) is 2.26. The van der Waals surface area contributed by atoms with Gasteiger partial charge in [0.1, 0.15) is 0 Å². The quantitative estimate of drug-likeness (QED) is 0.744. The average Bonchev–Trinajstić information content (AvgIpc) is 2.49. The Morgan fingerprint density at radius 2 is 1.70 bits per heavy atom. The van der Waals surface area contributed by atoms with E-state index in [9.17, 15) is 0 Å². The molecule has 2 heteroatoms. The van der Waals surface area contributed by atoms with E-state index in [4.69, 9.17) is 11.6 Å². The molecule has 0 amide bonds. The van der Waals surface area contributed by atoms with Gasteiger partial charge in [-0.3, -0.25) is 0 Å². The van der Waals surface area contributed by atoms with Gasteiger partial charge in [0.2, 0.25) is 0 Å². The van der Waals surface area contributed by atoms with Gasteiger partial charge in [-0.05, 0) is 36.6 Å². The number of halogens is 1. The van der Waals surface area contributed by atoms with E-state index >= 15 is 0 Å². The number of rotatable bonds is 6. The van der Waals surface area contributed by atoms with Crippen molar-refractivity contribution in [2.45, 2.75) is 32.7 Å². The maximum Gasteiger partial charge on any atom is 0.0484 e. The smallest absolute Gasteiger partial charge is 0.0484 e. The zero-order chi connectivity index (χ0) is 14.4. The summed E-state index contributed by atoms with van der Waals surface area (Å²) in [7, 11) is 0. The molecule has 0 heterocycles. The largest absolute Gasteiger partial charge is 0.310 e. The van der Waals surface area contributed by atoms with Crippen LogP contribution in [0.3, 0.4) is 0 Å². The number of hydrogen-bond acceptors (Lipinski definition) is 1. The van der Waals surface area contributed by atoms with Crippen molar-refractivity contribution in [3.05, 3.63) is 59.1 Å². The Bertz CT molecular complexity index is 533. The Kier molecular flexibility index (Phi) is 5.63. The van der Waals surface area contributed by atoms with E-state index in [-0.39, 0.29) is 0 Å². The van der Waals surface area contributed by atoms with Crippen molar-refractivity contribution in [3.8, 4) is 11.1 Å². The van der Waals surface area contributed by atoms with Crippen LogP contribution in [0, 0.1) is 0 Å². The minimum Gasteiger partial charge on any atom is -0.310 e. The van der Waals surface area contributed by atoms with E-state index < -0.39 is 0 Å². The molecule has 106 valence electrons. The zero-order valence-electron chi connectivity index (χ0n) is 12.2. The molecular formula is C18H22ClN. The lowest BCUT2D eigenvalue weighted by atomic mass is 9.99. The van der Waals surface area contributed by atoms with Crippen molar-refractivity contribution in [3.63, 3.8) is 0 Å². The van der Waals surface area contributed by atoms with Gasteiger partial charge in [0, 0.05) is 16.6 Å². The third-order valence-electron chi connectivity index (χ3n) is 3.55. The van der Waals surface area contributed by atoms with Gasteiger partial charge >= 0.3 is 0 Å². The molecule has 0 bridgehead atoms. The van der Waals surface area contributed by atoms with E-state index in [1.807, 2.05) is 18.2 Å². The second-order valence-corrected chi connectivity index (χ2v) is 5.42. The van der Waals surface area contributed by atoms with Gasteiger partial charge in [-0.2, -0.15) is 0 Å². The number of benzene rings is 2. The predicted molar refractivity (Wildman–Crippen MR) is 88.2 cm³/mol. The summed E-state index contributed by atoms with van der Waals surface area (Å²) in [6, 6.07) is 17.1. The second-order valence-electron chi connectivity index (χ2n) is 5.02. The third kappa shape index (κ3) is 3.62. The molecule has 0 aromatic heterocycles. The minimum atomic E-state index is 0.440. The molecule has 1 nitrogen and oxygen atoms in total. The molecule has 0 saturated heterocycles. The second kappa shape index (κ2) is 7.47. The maximum atomic E-state index is 6.24. The highest BCUT2D eigenvalue weighted by Gasteiger charge is 2.08. The van der Waals surface area contributed by atoms with Crippen LogP contribution in [0.5, 0.6) is 0 Å². The first-order chi connectivity index (χ1) is 9.76. The molecule has 0 saturated carbocycles. The van der Waals surface area contributed by atoms with Gasteiger partial charge in [-0.25, -0.2) is 0 Å². The molecule has 2 aromatic carbocycles. The first kappa shape index (κ1) is 15.1. The molecule has 20 heavy (non-hydrogen) atoms. The van der Waals surface area contributed by atoms with E-state index in [1.165, 1.54) is 11.1 Å². The summed E-state index contributed by atoms with van der Waals surface area (Å²) in [5.41, 5.74) is 3.61. The first-order valence-corrected chi connectivity index (χ1v) is 7.72. The fraction of sp³-hybridized carbons (Fsp3) is 0.333. The molecule has 0 aliphatic rings. The summed E-state index contributed by atoms with van der Waals surface area (Å²) in [4.78, 5) is 0. The van der Waals surface area contributed by atoms with Gasteiger partial charge in [0.25, 0.3) is 0 Å². The molecule has 0 radical (unpaired) electrons. The Morgan fingerprint density at radius 3 is 2.30 bits per heavy atom. The molecule has 1 atom stereocenters. The van der Waals surface area contributed by atoms with Crippen LogP contribution in [0.15, 0.2) is 48.5 Å². The lowest BCUT2D eigenvalue weighted by Crippen LogP contribution is -2.21. The lowest BCUT2D eigenvalue weighted by molar-refractivity contribution is 0.518. The molecule has 2 rings (SSSR count). The third-order valence-corrected chi connectivity index (χ3v) is 3.88. The van der Waals surface area contributed by atoms with Gasteiger partial charge in [0.15, 0.2) is 0 Å². The molecule has 0 spiro atoms. The summed E-state index contributed by atoms with van der Waals surface area (Å²) < 4.78 is 0. The van der Waals surface area contributed by atoms with E-state index in [1.54, 1.807) is 0 Å². The molecule has 0 aliphatic carbocycles. The lowest BCUT2D eigenvalue weighted by Gasteiger charge is -2.17. The van der Waals surface area contributed by atoms with Crippen LogP contribution in [-0.4, -0.2) is 6.54 Å². The molecule has 0 fully saturated rings. The fourth-order valence-corrected chi connectivity index (χ4v) is 2.65. The average molecular weight is 288 g/mol. The topological polar surface area (TPSA) is 12.0 Å². The van der Waals surface area contributed by atoms with Crippen LogP contribution in [0.1, 0.15) is 38.3 Å². The molecular weight excluding hydrogens is 266 g/mol. The first-order valence-electron chi connectivity index (χ1n) is 7.34. The monoisotopic (exact) mass is 287 g/mol. The fourth-order valence-electron chi connectivity index (χ4n) is 2.41. The normalized spacial score (nSPS) is 12.3. The van der Waals surface area contributed by atoms with Crippen LogP contribution in [0.25, 0.3) is 11.1 Å². The summed E-state index contributed by atoms with van der Waals surface area (Å²) in [5, 5.41) is 4.38. The Morgan fingerprint density at radius 1 is 1.00 bits per heavy atom. The van der Waals surface area contributed by atoms with Crippen LogP contribution in [0.4, 0.5) is 0 Å². The van der Waals surface area contributed by atoms with Crippen molar-refractivity contribution in [1.29, 1.82) is 0 Å². The van der Waals surface area contributed by atoms with Crippen LogP contribution >= 0.6 is 11.6 Å². The van der Waals surface area contributed by atoms with Crippen molar-refractivity contribution in [2.24, 2.45) is 0 Å². The summed E-state index contributed by atoms with van der Waals surface area (Å²) in [5.74, 6) is 0. The molecule has 1 unspecified atom stereocenters.